The van der Waals surface area contributed by atoms with Crippen molar-refractivity contribution < 1.29 is 23.9 Å². The van der Waals surface area contributed by atoms with Gasteiger partial charge in [0.05, 0.1) is 17.4 Å². The van der Waals surface area contributed by atoms with Crippen molar-refractivity contribution in [1.82, 2.24) is 10.3 Å². The number of rotatable bonds is 8. The van der Waals surface area contributed by atoms with E-state index in [1.54, 1.807) is 12.1 Å². The van der Waals surface area contributed by atoms with Crippen LogP contribution < -0.4 is 15.0 Å². The number of likely N-dealkylation sites (N-methyl/N-ethyl adjacent to an activating group) is 1. The molecule has 8 nitrogen and oxygen atoms in total. The standard InChI is InChI=1S/C23H27N3O5S/c1-23(2,3)31-21(28)16-7-10-19(24-14-16)26(4)11-12-30-17-8-5-15(6-9-17)13-18-20(27)25-22(29)32-18/h5-10,14,18H,11-13H2,1-4H3,(H,25,27,29). The summed E-state index contributed by atoms with van der Waals surface area (Å²) in [5.74, 6) is 0.800. The molecule has 1 N–H and O–H groups in total. The molecule has 2 amide bonds. The molecule has 1 aromatic heterocycles. The highest BCUT2D eigenvalue weighted by Gasteiger charge is 2.31. The summed E-state index contributed by atoms with van der Waals surface area (Å²) in [6.45, 7) is 6.51. The molecule has 9 heteroatoms. The third-order valence-electron chi connectivity index (χ3n) is 4.58. The van der Waals surface area contributed by atoms with Crippen molar-refractivity contribution in [3.63, 3.8) is 0 Å². The predicted octanol–water partition coefficient (Wildman–Crippen LogP) is 3.45. The van der Waals surface area contributed by atoms with Gasteiger partial charge in [0.2, 0.25) is 5.91 Å². The van der Waals surface area contributed by atoms with Crippen molar-refractivity contribution in [2.45, 2.75) is 38.0 Å². The lowest BCUT2D eigenvalue weighted by atomic mass is 10.1. The minimum Gasteiger partial charge on any atom is -0.492 e. The Bertz CT molecular complexity index is 971. The van der Waals surface area contributed by atoms with Gasteiger partial charge in [0, 0.05) is 13.2 Å². The first-order valence-corrected chi connectivity index (χ1v) is 11.1. The summed E-state index contributed by atoms with van der Waals surface area (Å²) in [4.78, 5) is 41.3. The Kier molecular flexibility index (Phi) is 7.40. The smallest absolute Gasteiger partial charge is 0.340 e. The van der Waals surface area contributed by atoms with E-state index in [2.05, 4.69) is 10.3 Å². The number of thioether (sulfide) groups is 1. The number of benzene rings is 1. The maximum atomic E-state index is 12.1. The Hall–Kier alpha value is -3.07. The number of pyridine rings is 1. The zero-order chi connectivity index (χ0) is 23.3. The van der Waals surface area contributed by atoms with Crippen molar-refractivity contribution in [2.75, 3.05) is 25.1 Å². The zero-order valence-electron chi connectivity index (χ0n) is 18.6. The lowest BCUT2D eigenvalue weighted by Gasteiger charge is -2.20. The van der Waals surface area contributed by atoms with Gasteiger partial charge in [0.1, 0.15) is 23.8 Å². The summed E-state index contributed by atoms with van der Waals surface area (Å²) in [6.07, 6.45) is 2.01. The molecule has 0 bridgehead atoms. The Labute approximate surface area is 191 Å². The van der Waals surface area contributed by atoms with Crippen LogP contribution in [0.2, 0.25) is 0 Å². The number of hydrogen-bond donors (Lipinski definition) is 1. The van der Waals surface area contributed by atoms with Crippen LogP contribution in [0.1, 0.15) is 36.7 Å². The highest BCUT2D eigenvalue weighted by atomic mass is 32.2. The maximum absolute atomic E-state index is 12.1. The number of hydrogen-bond acceptors (Lipinski definition) is 8. The van der Waals surface area contributed by atoms with E-state index in [-0.39, 0.29) is 16.4 Å². The van der Waals surface area contributed by atoms with E-state index in [4.69, 9.17) is 9.47 Å². The fourth-order valence-electron chi connectivity index (χ4n) is 2.95. The Balaban J connectivity index is 1.45. The van der Waals surface area contributed by atoms with E-state index in [9.17, 15) is 14.4 Å². The number of carbonyl (C=O) groups excluding carboxylic acids is 3. The number of ether oxygens (including phenoxy) is 2. The number of amides is 2. The first-order chi connectivity index (χ1) is 15.1. The van der Waals surface area contributed by atoms with Gasteiger partial charge in [-0.2, -0.15) is 0 Å². The van der Waals surface area contributed by atoms with Gasteiger partial charge >= 0.3 is 5.97 Å². The molecule has 1 aliphatic rings. The van der Waals surface area contributed by atoms with E-state index in [0.717, 1.165) is 28.9 Å². The number of imide groups is 1. The Morgan fingerprint density at radius 1 is 1.16 bits per heavy atom. The van der Waals surface area contributed by atoms with Crippen molar-refractivity contribution in [3.05, 3.63) is 53.7 Å². The number of anilines is 1. The quantitative estimate of drug-likeness (QED) is 0.602. The van der Waals surface area contributed by atoms with Gasteiger partial charge in [-0.15, -0.1) is 0 Å². The van der Waals surface area contributed by atoms with E-state index < -0.39 is 11.6 Å². The van der Waals surface area contributed by atoms with Crippen LogP contribution in [0.3, 0.4) is 0 Å². The molecule has 3 rings (SSSR count). The van der Waals surface area contributed by atoms with Crippen LogP contribution in [0.25, 0.3) is 0 Å². The van der Waals surface area contributed by atoms with Gasteiger partial charge in [0.15, 0.2) is 0 Å². The van der Waals surface area contributed by atoms with Crippen LogP contribution in [0.5, 0.6) is 5.75 Å². The molecule has 0 spiro atoms. The molecule has 170 valence electrons. The van der Waals surface area contributed by atoms with Gasteiger partial charge in [-0.1, -0.05) is 23.9 Å². The van der Waals surface area contributed by atoms with Crippen LogP contribution in [0.4, 0.5) is 10.6 Å². The fraction of sp³-hybridized carbons (Fsp3) is 0.391. The van der Waals surface area contributed by atoms with Gasteiger partial charge in [-0.05, 0) is 57.0 Å². The molecular formula is C23H27N3O5S. The van der Waals surface area contributed by atoms with Gasteiger partial charge in [-0.3, -0.25) is 14.9 Å². The second-order valence-electron chi connectivity index (χ2n) is 8.41. The Morgan fingerprint density at radius 2 is 1.88 bits per heavy atom. The van der Waals surface area contributed by atoms with Crippen LogP contribution >= 0.6 is 11.8 Å². The summed E-state index contributed by atoms with van der Waals surface area (Å²) in [5.41, 5.74) is 0.822. The van der Waals surface area contributed by atoms with Crippen LogP contribution in [-0.4, -0.2) is 53.1 Å². The van der Waals surface area contributed by atoms with Crippen molar-refractivity contribution >= 4 is 34.7 Å². The second kappa shape index (κ2) is 10.0. The number of carbonyl (C=O) groups is 3. The number of aromatic nitrogens is 1. The normalized spacial score (nSPS) is 15.9. The van der Waals surface area contributed by atoms with Gasteiger partial charge in [-0.25, -0.2) is 9.78 Å². The lowest BCUT2D eigenvalue weighted by molar-refractivity contribution is -0.118. The average Bonchev–Trinajstić information content (AvgIpc) is 3.04. The van der Waals surface area contributed by atoms with Crippen LogP contribution in [0, 0.1) is 0 Å². The number of nitrogens with one attached hydrogen (secondary N) is 1. The van der Waals surface area contributed by atoms with E-state index >= 15 is 0 Å². The van der Waals surface area contributed by atoms with Crippen molar-refractivity contribution in [3.8, 4) is 5.75 Å². The molecule has 1 unspecified atom stereocenters. The minimum atomic E-state index is -0.550. The number of nitrogens with zero attached hydrogens (tertiary/aromatic N) is 2. The SMILES string of the molecule is CN(CCOc1ccc(CC2SC(=O)NC2=O)cc1)c1ccc(C(=O)OC(C)(C)C)cn1. The zero-order valence-corrected chi connectivity index (χ0v) is 19.4. The highest BCUT2D eigenvalue weighted by Crippen LogP contribution is 2.24. The van der Waals surface area contributed by atoms with E-state index in [1.165, 1.54) is 6.20 Å². The van der Waals surface area contributed by atoms with Crippen LogP contribution in [0.15, 0.2) is 42.6 Å². The first-order valence-electron chi connectivity index (χ1n) is 10.2. The molecule has 2 heterocycles. The average molecular weight is 458 g/mol. The van der Waals surface area contributed by atoms with Gasteiger partial charge < -0.3 is 14.4 Å². The highest BCUT2D eigenvalue weighted by molar-refractivity contribution is 8.15. The largest absolute Gasteiger partial charge is 0.492 e. The Morgan fingerprint density at radius 3 is 2.44 bits per heavy atom. The minimum absolute atomic E-state index is 0.240. The molecule has 0 saturated carbocycles. The van der Waals surface area contributed by atoms with Crippen LogP contribution in [-0.2, 0) is 16.0 Å². The molecule has 1 atom stereocenters. The fourth-order valence-corrected chi connectivity index (χ4v) is 3.81. The third-order valence-corrected chi connectivity index (χ3v) is 5.56. The van der Waals surface area contributed by atoms with E-state index in [1.807, 2.05) is 57.0 Å². The topological polar surface area (TPSA) is 97.8 Å². The molecule has 1 saturated heterocycles. The third kappa shape index (κ3) is 6.71. The monoisotopic (exact) mass is 457 g/mol. The second-order valence-corrected chi connectivity index (χ2v) is 9.58. The molecule has 1 fully saturated rings. The molecule has 0 aliphatic carbocycles. The number of esters is 1. The summed E-state index contributed by atoms with van der Waals surface area (Å²) in [6, 6.07) is 11.0. The molecule has 1 aromatic carbocycles. The van der Waals surface area contributed by atoms with Crippen molar-refractivity contribution in [1.29, 1.82) is 0 Å². The van der Waals surface area contributed by atoms with Gasteiger partial charge in [0.25, 0.3) is 5.24 Å². The molecule has 2 aromatic rings. The molecular weight excluding hydrogens is 430 g/mol. The summed E-state index contributed by atoms with van der Waals surface area (Å²) < 4.78 is 11.1. The van der Waals surface area contributed by atoms with E-state index in [0.29, 0.717) is 25.1 Å². The first kappa shape index (κ1) is 23.6. The molecule has 32 heavy (non-hydrogen) atoms. The summed E-state index contributed by atoms with van der Waals surface area (Å²) >= 11 is 1.02. The molecule has 1 aliphatic heterocycles. The maximum Gasteiger partial charge on any atom is 0.340 e. The molecule has 0 radical (unpaired) electrons. The lowest BCUT2D eigenvalue weighted by Crippen LogP contribution is -2.26. The van der Waals surface area contributed by atoms with Crippen molar-refractivity contribution in [2.24, 2.45) is 0 Å². The summed E-state index contributed by atoms with van der Waals surface area (Å²) in [7, 11) is 1.90. The summed E-state index contributed by atoms with van der Waals surface area (Å²) in [5, 5.41) is 1.62. The predicted molar refractivity (Wildman–Crippen MR) is 123 cm³/mol.